The summed E-state index contributed by atoms with van der Waals surface area (Å²) in [5.41, 5.74) is 6.91. The molecule has 1 N–H and O–H groups in total. The molecule has 0 amide bonds. The number of phenols is 1. The molecule has 2 heteroatoms. The number of para-hydroxylation sites is 1. The van der Waals surface area contributed by atoms with E-state index >= 15 is 0 Å². The first kappa shape index (κ1) is 14.4. The van der Waals surface area contributed by atoms with Crippen LogP contribution in [0, 0.1) is 0 Å². The van der Waals surface area contributed by atoms with Crippen LogP contribution < -0.4 is 0 Å². The third kappa shape index (κ3) is 1.77. The summed E-state index contributed by atoms with van der Waals surface area (Å²) in [6.45, 7) is 0. The van der Waals surface area contributed by atoms with Crippen molar-refractivity contribution >= 4 is 21.9 Å². The van der Waals surface area contributed by atoms with E-state index in [1.54, 1.807) is 0 Å². The first-order valence-corrected chi connectivity index (χ1v) is 9.59. The molecular weight excluding hydrogens is 320 g/mol. The van der Waals surface area contributed by atoms with Gasteiger partial charge in [-0.2, -0.15) is 0 Å². The maximum Gasteiger partial charge on any atom is 0.147 e. The second-order valence-electron chi connectivity index (χ2n) is 7.75. The van der Waals surface area contributed by atoms with Gasteiger partial charge in [0.1, 0.15) is 16.9 Å². The SMILES string of the molecule is Oc1cc2c(c3oc4ccccc4c13)-c1ccccc1C1CCCCC21. The molecule has 3 aromatic carbocycles. The van der Waals surface area contributed by atoms with Gasteiger partial charge in [-0.25, -0.2) is 0 Å². The molecule has 1 heterocycles. The van der Waals surface area contributed by atoms with E-state index in [4.69, 9.17) is 4.42 Å². The molecule has 2 unspecified atom stereocenters. The van der Waals surface area contributed by atoms with Crippen LogP contribution in [0.2, 0.25) is 0 Å². The fourth-order valence-electron chi connectivity index (χ4n) is 5.39. The molecule has 1 fully saturated rings. The molecule has 0 aliphatic heterocycles. The molecule has 1 aromatic heterocycles. The van der Waals surface area contributed by atoms with Crippen molar-refractivity contribution in [2.75, 3.05) is 0 Å². The Balaban J connectivity index is 1.79. The highest BCUT2D eigenvalue weighted by Gasteiger charge is 2.37. The second kappa shape index (κ2) is 5.14. The Morgan fingerprint density at radius 1 is 0.846 bits per heavy atom. The van der Waals surface area contributed by atoms with Crippen LogP contribution in [0.15, 0.2) is 59.0 Å². The lowest BCUT2D eigenvalue weighted by Crippen LogP contribution is -2.21. The zero-order valence-corrected chi connectivity index (χ0v) is 14.5. The van der Waals surface area contributed by atoms with Gasteiger partial charge in [-0.1, -0.05) is 55.3 Å². The van der Waals surface area contributed by atoms with Crippen molar-refractivity contribution in [2.45, 2.75) is 37.5 Å². The Hall–Kier alpha value is -2.74. The quantitative estimate of drug-likeness (QED) is 0.386. The van der Waals surface area contributed by atoms with Crippen LogP contribution in [-0.2, 0) is 0 Å². The van der Waals surface area contributed by atoms with Gasteiger partial charge in [-0.05, 0) is 53.5 Å². The summed E-state index contributed by atoms with van der Waals surface area (Å²) < 4.78 is 6.31. The van der Waals surface area contributed by atoms with Gasteiger partial charge in [-0.3, -0.25) is 0 Å². The Labute approximate surface area is 152 Å². The number of phenolic OH excluding ortho intramolecular Hbond substituents is 1. The number of fused-ring (bicyclic) bond motifs is 10. The van der Waals surface area contributed by atoms with Crippen molar-refractivity contribution in [3.05, 3.63) is 65.7 Å². The molecule has 0 radical (unpaired) electrons. The highest BCUT2D eigenvalue weighted by molar-refractivity contribution is 6.13. The molecule has 0 bridgehead atoms. The molecule has 4 aromatic rings. The summed E-state index contributed by atoms with van der Waals surface area (Å²) in [7, 11) is 0. The molecule has 1 saturated carbocycles. The van der Waals surface area contributed by atoms with E-state index in [1.165, 1.54) is 47.9 Å². The van der Waals surface area contributed by atoms with Crippen molar-refractivity contribution in [3.63, 3.8) is 0 Å². The van der Waals surface area contributed by atoms with Gasteiger partial charge < -0.3 is 9.52 Å². The summed E-state index contributed by atoms with van der Waals surface area (Å²) in [4.78, 5) is 0. The third-order valence-electron chi connectivity index (χ3n) is 6.45. The minimum Gasteiger partial charge on any atom is -0.507 e. The Morgan fingerprint density at radius 2 is 1.58 bits per heavy atom. The molecular formula is C24H20O2. The van der Waals surface area contributed by atoms with Crippen molar-refractivity contribution < 1.29 is 9.52 Å². The molecule has 0 saturated heterocycles. The number of aromatic hydroxyl groups is 1. The number of benzene rings is 3. The first-order chi connectivity index (χ1) is 12.8. The Bertz CT molecular complexity index is 1170. The van der Waals surface area contributed by atoms with Gasteiger partial charge in [0.05, 0.1) is 5.39 Å². The minimum atomic E-state index is 0.354. The summed E-state index contributed by atoms with van der Waals surface area (Å²) in [6, 6.07) is 18.8. The number of hydrogen-bond donors (Lipinski definition) is 1. The minimum absolute atomic E-state index is 0.354. The largest absolute Gasteiger partial charge is 0.507 e. The van der Waals surface area contributed by atoms with E-state index in [0.29, 0.717) is 17.6 Å². The average molecular weight is 340 g/mol. The normalized spacial score (nSPS) is 21.4. The van der Waals surface area contributed by atoms with E-state index < -0.39 is 0 Å². The highest BCUT2D eigenvalue weighted by Crippen LogP contribution is 2.56. The topological polar surface area (TPSA) is 33.4 Å². The summed E-state index contributed by atoms with van der Waals surface area (Å²) in [6.07, 6.45) is 4.99. The molecule has 0 spiro atoms. The standard InChI is InChI=1S/C24H20O2/c25-20-13-19-16-9-2-1-7-14(16)15-8-3-4-10-17(15)22(19)24-23(20)18-11-5-6-12-21(18)26-24/h3-6,8,10-14,16,25H,1-2,7,9H2. The monoisotopic (exact) mass is 340 g/mol. The Morgan fingerprint density at radius 3 is 2.46 bits per heavy atom. The molecule has 26 heavy (non-hydrogen) atoms. The van der Waals surface area contributed by atoms with E-state index in [0.717, 1.165) is 21.9 Å². The maximum atomic E-state index is 10.9. The van der Waals surface area contributed by atoms with Gasteiger partial charge in [0.25, 0.3) is 0 Å². The molecule has 2 aliphatic carbocycles. The van der Waals surface area contributed by atoms with Crippen LogP contribution in [0.1, 0.15) is 48.6 Å². The third-order valence-corrected chi connectivity index (χ3v) is 6.45. The fraction of sp³-hybridized carbons (Fsp3) is 0.250. The van der Waals surface area contributed by atoms with Crippen LogP contribution in [0.5, 0.6) is 5.75 Å². The summed E-state index contributed by atoms with van der Waals surface area (Å²) in [5, 5.41) is 12.7. The lowest BCUT2D eigenvalue weighted by atomic mass is 9.65. The highest BCUT2D eigenvalue weighted by atomic mass is 16.3. The van der Waals surface area contributed by atoms with E-state index in [9.17, 15) is 5.11 Å². The summed E-state index contributed by atoms with van der Waals surface area (Å²) >= 11 is 0. The van der Waals surface area contributed by atoms with Crippen molar-refractivity contribution in [3.8, 4) is 16.9 Å². The van der Waals surface area contributed by atoms with E-state index in [1.807, 2.05) is 30.3 Å². The maximum absolute atomic E-state index is 10.9. The molecule has 128 valence electrons. The van der Waals surface area contributed by atoms with Crippen molar-refractivity contribution in [1.82, 2.24) is 0 Å². The van der Waals surface area contributed by atoms with Crippen LogP contribution in [0.3, 0.4) is 0 Å². The smallest absolute Gasteiger partial charge is 0.147 e. The van der Waals surface area contributed by atoms with Crippen LogP contribution in [0.25, 0.3) is 33.1 Å². The Kier molecular flexibility index (Phi) is 2.85. The number of rotatable bonds is 0. The predicted molar refractivity (Wildman–Crippen MR) is 105 cm³/mol. The second-order valence-corrected chi connectivity index (χ2v) is 7.75. The van der Waals surface area contributed by atoms with Gasteiger partial charge in [0.2, 0.25) is 0 Å². The van der Waals surface area contributed by atoms with Crippen LogP contribution in [0.4, 0.5) is 0 Å². The average Bonchev–Trinajstić information content (AvgIpc) is 3.08. The predicted octanol–water partition coefficient (Wildman–Crippen LogP) is 6.71. The van der Waals surface area contributed by atoms with Gasteiger partial charge in [0.15, 0.2) is 0 Å². The van der Waals surface area contributed by atoms with Crippen molar-refractivity contribution in [1.29, 1.82) is 0 Å². The summed E-state index contributed by atoms with van der Waals surface area (Å²) in [5.74, 6) is 1.40. The van der Waals surface area contributed by atoms with E-state index in [2.05, 4.69) is 24.3 Å². The molecule has 2 aliphatic rings. The van der Waals surface area contributed by atoms with Gasteiger partial charge in [0, 0.05) is 10.9 Å². The van der Waals surface area contributed by atoms with Crippen molar-refractivity contribution in [2.24, 2.45) is 0 Å². The van der Waals surface area contributed by atoms with Gasteiger partial charge >= 0.3 is 0 Å². The lowest BCUT2D eigenvalue weighted by Gasteiger charge is -2.38. The van der Waals surface area contributed by atoms with Crippen LogP contribution in [-0.4, -0.2) is 5.11 Å². The zero-order chi connectivity index (χ0) is 17.3. The zero-order valence-electron chi connectivity index (χ0n) is 14.5. The molecule has 6 rings (SSSR count). The molecule has 2 atom stereocenters. The fourth-order valence-corrected chi connectivity index (χ4v) is 5.39. The lowest BCUT2D eigenvalue weighted by molar-refractivity contribution is 0.381. The number of hydrogen-bond acceptors (Lipinski definition) is 2. The molecule has 2 nitrogen and oxygen atoms in total. The van der Waals surface area contributed by atoms with Crippen LogP contribution >= 0.6 is 0 Å². The number of furan rings is 1. The van der Waals surface area contributed by atoms with E-state index in [-0.39, 0.29) is 0 Å². The first-order valence-electron chi connectivity index (χ1n) is 9.59. The van der Waals surface area contributed by atoms with Gasteiger partial charge in [-0.15, -0.1) is 0 Å².